The fourth-order valence-electron chi connectivity index (χ4n) is 10.5. The van der Waals surface area contributed by atoms with E-state index >= 15 is 0 Å². The lowest BCUT2D eigenvalue weighted by atomic mass is 9.99. The van der Waals surface area contributed by atoms with Crippen molar-refractivity contribution in [2.45, 2.75) is 352 Å². The van der Waals surface area contributed by atoms with Crippen molar-refractivity contribution in [3.63, 3.8) is 0 Å². The number of nitrogens with one attached hydrogen (secondary N) is 1. The Labute approximate surface area is 487 Å². The molecule has 0 radical (unpaired) electrons. The Morgan fingerprint density at radius 3 is 1.16 bits per heavy atom. The number of hydrogen-bond acceptors (Lipinski definition) is 8. The second kappa shape index (κ2) is 58.8. The number of amides is 1. The fourth-order valence-corrected chi connectivity index (χ4v) is 10.5. The van der Waals surface area contributed by atoms with E-state index < -0.39 is 49.5 Å². The van der Waals surface area contributed by atoms with Crippen molar-refractivity contribution in [2.24, 2.45) is 0 Å². The van der Waals surface area contributed by atoms with Crippen molar-refractivity contribution in [1.29, 1.82) is 0 Å². The number of hydrogen-bond donors (Lipinski definition) is 6. The molecule has 0 spiro atoms. The van der Waals surface area contributed by atoms with Gasteiger partial charge in [0.25, 0.3) is 0 Å². The predicted octanol–water partition coefficient (Wildman–Crippen LogP) is 18.0. The first-order valence-electron chi connectivity index (χ1n) is 33.7. The van der Waals surface area contributed by atoms with Crippen LogP contribution in [0.1, 0.15) is 309 Å². The van der Waals surface area contributed by atoms with Crippen molar-refractivity contribution in [1.82, 2.24) is 5.32 Å². The molecule has 0 bridgehead atoms. The van der Waals surface area contributed by atoms with Crippen LogP contribution in [0.5, 0.6) is 0 Å². The molecule has 9 nitrogen and oxygen atoms in total. The molecule has 0 aromatic carbocycles. The van der Waals surface area contributed by atoms with Gasteiger partial charge in [-0.25, -0.2) is 0 Å². The zero-order valence-electron chi connectivity index (χ0n) is 51.4. The van der Waals surface area contributed by atoms with Gasteiger partial charge in [0.1, 0.15) is 24.4 Å². The van der Waals surface area contributed by atoms with E-state index in [-0.39, 0.29) is 12.5 Å². The lowest BCUT2D eigenvalue weighted by Crippen LogP contribution is -2.60. The number of rotatable bonds is 58. The second-order valence-electron chi connectivity index (χ2n) is 23.2. The Bertz CT molecular complexity index is 1470. The molecular formula is C70H127NO8. The van der Waals surface area contributed by atoms with Crippen molar-refractivity contribution in [2.75, 3.05) is 13.2 Å². The van der Waals surface area contributed by atoms with E-state index in [0.717, 1.165) is 70.6 Å². The molecule has 0 aliphatic carbocycles. The van der Waals surface area contributed by atoms with Crippen LogP contribution < -0.4 is 5.32 Å². The summed E-state index contributed by atoms with van der Waals surface area (Å²) in [6, 6.07) is -0.812. The van der Waals surface area contributed by atoms with Crippen molar-refractivity contribution in [3.05, 3.63) is 72.9 Å². The minimum absolute atomic E-state index is 0.179. The van der Waals surface area contributed by atoms with Crippen LogP contribution in [-0.4, -0.2) is 87.5 Å². The zero-order chi connectivity index (χ0) is 57.2. The van der Waals surface area contributed by atoms with E-state index in [0.29, 0.717) is 6.42 Å². The Morgan fingerprint density at radius 2 is 0.785 bits per heavy atom. The highest BCUT2D eigenvalue weighted by Gasteiger charge is 2.44. The number of aliphatic hydroxyl groups is 5. The van der Waals surface area contributed by atoms with Gasteiger partial charge in [-0.1, -0.05) is 311 Å². The molecule has 0 aromatic rings. The van der Waals surface area contributed by atoms with E-state index in [9.17, 15) is 30.3 Å². The zero-order valence-corrected chi connectivity index (χ0v) is 51.4. The third-order valence-electron chi connectivity index (χ3n) is 15.8. The highest BCUT2D eigenvalue weighted by Crippen LogP contribution is 2.23. The Morgan fingerprint density at radius 1 is 0.443 bits per heavy atom. The maximum Gasteiger partial charge on any atom is 0.220 e. The summed E-state index contributed by atoms with van der Waals surface area (Å²) in [4.78, 5) is 13.1. The molecular weight excluding hydrogens is 983 g/mol. The van der Waals surface area contributed by atoms with Gasteiger partial charge in [0.05, 0.1) is 25.4 Å². The van der Waals surface area contributed by atoms with Crippen molar-refractivity contribution in [3.8, 4) is 0 Å². The SMILES string of the molecule is CC/C=C\C/C=C\C/C=C\C/C=C\C/C=C\CCCCCCCCCCCCCC(=O)NC(COC1OC(CO)C(O)C(O)C1O)C(O)/C=C/CCCCCCCCCCCCCCCCCCCCCCCCCCCCC. The standard InChI is InChI=1S/C70H127NO8/c1-3-5-7-9-11-13-15-17-19-21-23-25-27-29-31-32-34-35-37-39-41-43-45-47-49-51-53-55-57-59-64(73)63(62-78-70-69(77)68(76)67(75)65(61-72)79-70)71-66(74)60-58-56-54-52-50-48-46-44-42-40-38-36-33-30-28-26-24-22-20-18-16-14-12-10-8-6-4-2/h6,8,12,14,18,20,24,26,30,33,57,59,63-65,67-70,72-73,75-77H,3-5,7,9-11,13,15-17,19,21-23,25,27-29,31-32,34-56,58,60-62H2,1-2H3,(H,71,74)/b8-6-,14-12-,20-18-,26-24-,33-30-,59-57+. The molecule has 1 heterocycles. The minimum Gasteiger partial charge on any atom is -0.394 e. The molecule has 1 aliphatic rings. The molecule has 9 heteroatoms. The molecule has 1 saturated heterocycles. The summed E-state index contributed by atoms with van der Waals surface area (Å²) in [6.07, 6.45) is 75.6. The number of allylic oxidation sites excluding steroid dienone is 11. The van der Waals surface area contributed by atoms with Gasteiger partial charge in [-0.3, -0.25) is 4.79 Å². The fraction of sp³-hybridized carbons (Fsp3) is 0.814. The van der Waals surface area contributed by atoms with Crippen molar-refractivity contribution < 1.29 is 39.8 Å². The van der Waals surface area contributed by atoms with Crippen molar-refractivity contribution >= 4 is 5.91 Å². The summed E-state index contributed by atoms with van der Waals surface area (Å²) in [5.41, 5.74) is 0. The third kappa shape index (κ3) is 47.8. The molecule has 0 saturated carbocycles. The van der Waals surface area contributed by atoms with Gasteiger partial charge < -0.3 is 40.3 Å². The summed E-state index contributed by atoms with van der Waals surface area (Å²) in [5, 5.41) is 54.7. The topological polar surface area (TPSA) is 149 Å². The molecule has 79 heavy (non-hydrogen) atoms. The summed E-state index contributed by atoms with van der Waals surface area (Å²) in [5.74, 6) is -0.179. The second-order valence-corrected chi connectivity index (χ2v) is 23.2. The molecule has 1 aliphatic heterocycles. The molecule has 1 fully saturated rings. The average Bonchev–Trinajstić information content (AvgIpc) is 3.47. The molecule has 0 aromatic heterocycles. The summed E-state index contributed by atoms with van der Waals surface area (Å²) in [6.45, 7) is 3.70. The van der Waals surface area contributed by atoms with Crippen LogP contribution in [0.2, 0.25) is 0 Å². The maximum atomic E-state index is 13.1. The van der Waals surface area contributed by atoms with Crippen LogP contribution in [0.3, 0.4) is 0 Å². The van der Waals surface area contributed by atoms with Gasteiger partial charge >= 0.3 is 0 Å². The molecule has 7 atom stereocenters. The first-order chi connectivity index (χ1) is 38.8. The number of unbranched alkanes of at least 4 members (excludes halogenated alkanes) is 38. The average molecular weight is 1110 g/mol. The van der Waals surface area contributed by atoms with Crippen LogP contribution in [0.15, 0.2) is 72.9 Å². The number of aliphatic hydroxyl groups excluding tert-OH is 5. The lowest BCUT2D eigenvalue weighted by molar-refractivity contribution is -0.302. The lowest BCUT2D eigenvalue weighted by Gasteiger charge is -2.40. The van der Waals surface area contributed by atoms with Gasteiger partial charge in [0, 0.05) is 6.42 Å². The monoisotopic (exact) mass is 1110 g/mol. The highest BCUT2D eigenvalue weighted by atomic mass is 16.7. The Balaban J connectivity index is 2.16. The normalized spacial score (nSPS) is 19.0. The minimum atomic E-state index is -1.57. The number of carbonyl (C=O) groups is 1. The van der Waals surface area contributed by atoms with E-state index in [1.165, 1.54) is 218 Å². The Hall–Kier alpha value is -2.37. The van der Waals surface area contributed by atoms with Crippen LogP contribution >= 0.6 is 0 Å². The predicted molar refractivity (Wildman–Crippen MR) is 336 cm³/mol. The molecule has 460 valence electrons. The smallest absolute Gasteiger partial charge is 0.220 e. The van der Waals surface area contributed by atoms with E-state index in [1.807, 2.05) is 6.08 Å². The molecule has 1 rings (SSSR count). The van der Waals surface area contributed by atoms with Gasteiger partial charge in [0.15, 0.2) is 6.29 Å². The summed E-state index contributed by atoms with van der Waals surface area (Å²) >= 11 is 0. The third-order valence-corrected chi connectivity index (χ3v) is 15.8. The molecule has 1 amide bonds. The van der Waals surface area contributed by atoms with Crippen LogP contribution in [0.25, 0.3) is 0 Å². The first kappa shape index (κ1) is 74.6. The van der Waals surface area contributed by atoms with E-state index in [1.54, 1.807) is 6.08 Å². The number of carbonyl (C=O) groups excluding carboxylic acids is 1. The van der Waals surface area contributed by atoms with Gasteiger partial charge in [0.2, 0.25) is 5.91 Å². The Kier molecular flexibility index (Phi) is 55.6. The van der Waals surface area contributed by atoms with E-state index in [4.69, 9.17) is 9.47 Å². The summed E-state index contributed by atoms with van der Waals surface area (Å²) < 4.78 is 11.3. The van der Waals surface area contributed by atoms with Crippen LogP contribution in [0.4, 0.5) is 0 Å². The first-order valence-corrected chi connectivity index (χ1v) is 33.7. The largest absolute Gasteiger partial charge is 0.394 e. The summed E-state index contributed by atoms with van der Waals surface area (Å²) in [7, 11) is 0. The van der Waals surface area contributed by atoms with E-state index in [2.05, 4.69) is 79.9 Å². The van der Waals surface area contributed by atoms with Gasteiger partial charge in [-0.05, 0) is 64.2 Å². The maximum absolute atomic E-state index is 13.1. The quantitative estimate of drug-likeness (QED) is 0.0261. The van der Waals surface area contributed by atoms with Gasteiger partial charge in [-0.15, -0.1) is 0 Å². The highest BCUT2D eigenvalue weighted by molar-refractivity contribution is 5.76. The molecule has 7 unspecified atom stereocenters. The van der Waals surface area contributed by atoms with Crippen LogP contribution in [0, 0.1) is 0 Å². The number of ether oxygens (including phenoxy) is 2. The van der Waals surface area contributed by atoms with Crippen LogP contribution in [-0.2, 0) is 14.3 Å². The molecule has 6 N–H and O–H groups in total. The van der Waals surface area contributed by atoms with Gasteiger partial charge in [-0.2, -0.15) is 0 Å².